The van der Waals surface area contributed by atoms with Crippen LogP contribution in [0.1, 0.15) is 39.5 Å². The molecule has 0 aliphatic carbocycles. The Kier molecular flexibility index (Phi) is 8.35. The van der Waals surface area contributed by atoms with Gasteiger partial charge in [0.1, 0.15) is 17.6 Å². The average Bonchev–Trinajstić information content (AvgIpc) is 2.92. The molecule has 4 N–H and O–H groups in total. The largest absolute Gasteiger partial charge is 0.494 e. The fourth-order valence-electron chi connectivity index (χ4n) is 4.07. The quantitative estimate of drug-likeness (QED) is 0.204. The number of ketones is 1. The molecular formula is C30H29N3O5. The number of carbonyl (C=O) groups excluding carboxylic acids is 1. The summed E-state index contributed by atoms with van der Waals surface area (Å²) in [6.07, 6.45) is 0.591. The molecule has 1 aromatic heterocycles. The summed E-state index contributed by atoms with van der Waals surface area (Å²) in [6, 6.07) is 25.0. The van der Waals surface area contributed by atoms with E-state index in [2.05, 4.69) is 5.32 Å². The lowest BCUT2D eigenvalue weighted by Gasteiger charge is -2.15. The Morgan fingerprint density at radius 2 is 1.63 bits per heavy atom. The van der Waals surface area contributed by atoms with E-state index in [0.29, 0.717) is 42.1 Å². The molecule has 4 rings (SSSR count). The van der Waals surface area contributed by atoms with E-state index in [-0.39, 0.29) is 22.7 Å². The minimum atomic E-state index is -0.938. The number of carboxylic acids is 1. The summed E-state index contributed by atoms with van der Waals surface area (Å²) in [5, 5.41) is 12.5. The van der Waals surface area contributed by atoms with Crippen LogP contribution in [-0.2, 0) is 4.79 Å². The summed E-state index contributed by atoms with van der Waals surface area (Å²) in [5.41, 5.74) is 8.90. The van der Waals surface area contributed by atoms with Crippen molar-refractivity contribution >= 4 is 17.6 Å². The minimum Gasteiger partial charge on any atom is -0.494 e. The monoisotopic (exact) mass is 511 g/mol. The number of aromatic nitrogens is 1. The molecule has 0 aliphatic heterocycles. The maximum Gasteiger partial charge on any atom is 0.325 e. The predicted molar refractivity (Wildman–Crippen MR) is 146 cm³/mol. The second-order valence-electron chi connectivity index (χ2n) is 8.83. The number of hydrogen-bond donors (Lipinski definition) is 3. The molecule has 8 heteroatoms. The number of carbonyl (C=O) groups is 2. The van der Waals surface area contributed by atoms with E-state index in [9.17, 15) is 19.5 Å². The van der Waals surface area contributed by atoms with Gasteiger partial charge in [0.2, 0.25) is 0 Å². The van der Waals surface area contributed by atoms with E-state index in [4.69, 9.17) is 10.5 Å². The normalized spacial score (nSPS) is 11.6. The number of aliphatic carboxylic acids is 1. The number of hydrogen-bond acceptors (Lipinski definition) is 6. The molecule has 0 saturated carbocycles. The Morgan fingerprint density at radius 1 is 0.947 bits per heavy atom. The third-order valence-corrected chi connectivity index (χ3v) is 6.10. The second-order valence-corrected chi connectivity index (χ2v) is 8.83. The number of nitrogens with two attached hydrogens (primary N) is 1. The van der Waals surface area contributed by atoms with Gasteiger partial charge in [-0.3, -0.25) is 19.0 Å². The molecule has 0 bridgehead atoms. The van der Waals surface area contributed by atoms with Crippen LogP contribution in [0.2, 0.25) is 0 Å². The number of ether oxygens (including phenoxy) is 1. The smallest absolute Gasteiger partial charge is 0.325 e. The zero-order valence-electron chi connectivity index (χ0n) is 21.0. The van der Waals surface area contributed by atoms with Gasteiger partial charge in [-0.25, -0.2) is 0 Å². The van der Waals surface area contributed by atoms with Crippen molar-refractivity contribution in [3.05, 3.63) is 124 Å². The van der Waals surface area contributed by atoms with Gasteiger partial charge in [0, 0.05) is 11.6 Å². The number of nitrogen functional groups attached to an aromatic ring is 1. The molecule has 1 heterocycles. The molecule has 0 fully saturated rings. The van der Waals surface area contributed by atoms with Gasteiger partial charge >= 0.3 is 5.97 Å². The Labute approximate surface area is 220 Å². The highest BCUT2D eigenvalue weighted by Crippen LogP contribution is 2.21. The summed E-state index contributed by atoms with van der Waals surface area (Å²) >= 11 is 0. The van der Waals surface area contributed by atoms with Gasteiger partial charge in [-0.05, 0) is 55.8 Å². The number of rotatable bonds is 11. The van der Waals surface area contributed by atoms with E-state index in [1.54, 1.807) is 60.7 Å². The molecule has 0 aliphatic rings. The van der Waals surface area contributed by atoms with Crippen molar-refractivity contribution in [1.29, 1.82) is 0 Å². The first kappa shape index (κ1) is 26.4. The van der Waals surface area contributed by atoms with Crippen molar-refractivity contribution in [2.24, 2.45) is 0 Å². The number of aryl methyl sites for hydroxylation is 1. The first-order chi connectivity index (χ1) is 18.3. The number of pyridine rings is 1. The summed E-state index contributed by atoms with van der Waals surface area (Å²) in [7, 11) is 0. The van der Waals surface area contributed by atoms with Crippen LogP contribution in [-0.4, -0.2) is 34.6 Å². The Balaban J connectivity index is 1.38. The molecule has 38 heavy (non-hydrogen) atoms. The number of benzene rings is 3. The van der Waals surface area contributed by atoms with Crippen LogP contribution >= 0.6 is 0 Å². The number of nitrogens with zero attached hydrogens (tertiary/aromatic N) is 1. The van der Waals surface area contributed by atoms with E-state index < -0.39 is 12.0 Å². The molecule has 0 saturated heterocycles. The molecule has 0 unspecified atom stereocenters. The standard InChI is InChI=1S/C30H29N3O5/c1-20-8-10-22(11-9-20)28(35)25-16-17-26(34)33(29(25)31)23-12-14-24(15-13-23)38-19-5-18-32-27(30(36)37)21-6-3-2-4-7-21/h2-4,6-17,27,32H,5,18-19,31H2,1H3,(H,36,37)/t27-/m0/s1. The number of carboxylic acid groups (broad SMARTS) is 1. The van der Waals surface area contributed by atoms with Crippen LogP contribution in [0, 0.1) is 6.92 Å². The van der Waals surface area contributed by atoms with Gasteiger partial charge in [-0.1, -0.05) is 60.2 Å². The second kappa shape index (κ2) is 12.0. The van der Waals surface area contributed by atoms with Crippen molar-refractivity contribution < 1.29 is 19.4 Å². The van der Waals surface area contributed by atoms with E-state index >= 15 is 0 Å². The Morgan fingerprint density at radius 3 is 2.29 bits per heavy atom. The highest BCUT2D eigenvalue weighted by molar-refractivity contribution is 6.11. The van der Waals surface area contributed by atoms with Gasteiger partial charge in [0.25, 0.3) is 5.56 Å². The van der Waals surface area contributed by atoms with Gasteiger partial charge in [0.15, 0.2) is 5.78 Å². The summed E-state index contributed by atoms with van der Waals surface area (Å²) in [5.74, 6) is -0.548. The summed E-state index contributed by atoms with van der Waals surface area (Å²) in [6.45, 7) is 2.77. The van der Waals surface area contributed by atoms with E-state index in [0.717, 1.165) is 5.56 Å². The van der Waals surface area contributed by atoms with Gasteiger partial charge in [-0.15, -0.1) is 0 Å². The van der Waals surface area contributed by atoms with Crippen LogP contribution in [0.5, 0.6) is 5.75 Å². The number of anilines is 1. The molecule has 194 valence electrons. The third-order valence-electron chi connectivity index (χ3n) is 6.10. The summed E-state index contributed by atoms with van der Waals surface area (Å²) < 4.78 is 7.07. The first-order valence-electron chi connectivity index (χ1n) is 12.2. The first-order valence-corrected chi connectivity index (χ1v) is 12.2. The Hall–Kier alpha value is -4.69. The van der Waals surface area contributed by atoms with Gasteiger partial charge in [-0.2, -0.15) is 0 Å². The molecule has 3 aromatic carbocycles. The van der Waals surface area contributed by atoms with Crippen molar-refractivity contribution in [1.82, 2.24) is 9.88 Å². The minimum absolute atomic E-state index is 0.0641. The van der Waals surface area contributed by atoms with E-state index in [1.807, 2.05) is 25.1 Å². The molecule has 0 amide bonds. The lowest BCUT2D eigenvalue weighted by atomic mass is 10.0. The zero-order valence-corrected chi connectivity index (χ0v) is 21.0. The molecular weight excluding hydrogens is 482 g/mol. The van der Waals surface area contributed by atoms with Crippen molar-refractivity contribution in [3.8, 4) is 11.4 Å². The van der Waals surface area contributed by atoms with Crippen LogP contribution in [0.4, 0.5) is 5.82 Å². The van der Waals surface area contributed by atoms with Crippen molar-refractivity contribution in [2.45, 2.75) is 19.4 Å². The van der Waals surface area contributed by atoms with Gasteiger partial charge in [0.05, 0.1) is 17.9 Å². The van der Waals surface area contributed by atoms with Gasteiger partial charge < -0.3 is 20.9 Å². The van der Waals surface area contributed by atoms with Crippen molar-refractivity contribution in [3.63, 3.8) is 0 Å². The maximum atomic E-state index is 13.0. The fourth-order valence-corrected chi connectivity index (χ4v) is 4.07. The van der Waals surface area contributed by atoms with Crippen LogP contribution in [0.25, 0.3) is 5.69 Å². The average molecular weight is 512 g/mol. The SMILES string of the molecule is Cc1ccc(C(=O)c2ccc(=O)n(-c3ccc(OCCCN[C@H](C(=O)O)c4ccccc4)cc3)c2N)cc1. The highest BCUT2D eigenvalue weighted by Gasteiger charge is 2.19. The summed E-state index contributed by atoms with van der Waals surface area (Å²) in [4.78, 5) is 37.2. The molecule has 0 spiro atoms. The topological polar surface area (TPSA) is 124 Å². The number of nitrogens with one attached hydrogen (secondary N) is 1. The Bertz CT molecular complexity index is 1460. The van der Waals surface area contributed by atoms with Crippen molar-refractivity contribution in [2.75, 3.05) is 18.9 Å². The predicted octanol–water partition coefficient (Wildman–Crippen LogP) is 4.14. The zero-order chi connectivity index (χ0) is 27.1. The lowest BCUT2D eigenvalue weighted by Crippen LogP contribution is -2.29. The third kappa shape index (κ3) is 6.16. The highest BCUT2D eigenvalue weighted by atomic mass is 16.5. The van der Waals surface area contributed by atoms with Crippen LogP contribution < -0.4 is 21.3 Å². The molecule has 4 aromatic rings. The van der Waals surface area contributed by atoms with E-state index in [1.165, 1.54) is 16.7 Å². The fraction of sp³-hybridized carbons (Fsp3) is 0.167. The maximum absolute atomic E-state index is 13.0. The van der Waals surface area contributed by atoms with Crippen LogP contribution in [0.15, 0.2) is 95.8 Å². The molecule has 8 nitrogen and oxygen atoms in total. The molecule has 0 radical (unpaired) electrons. The molecule has 1 atom stereocenters. The lowest BCUT2D eigenvalue weighted by molar-refractivity contribution is -0.139. The van der Waals surface area contributed by atoms with Crippen LogP contribution in [0.3, 0.4) is 0 Å².